The topological polar surface area (TPSA) is 35.8 Å². The summed E-state index contributed by atoms with van der Waals surface area (Å²) in [4.78, 5) is 0. The molecule has 19 heavy (non-hydrogen) atoms. The van der Waals surface area contributed by atoms with E-state index in [1.165, 1.54) is 5.56 Å². The van der Waals surface area contributed by atoms with Gasteiger partial charge in [-0.1, -0.05) is 39.7 Å². The third kappa shape index (κ3) is 3.50. The van der Waals surface area contributed by atoms with Crippen molar-refractivity contribution in [3.8, 4) is 6.07 Å². The van der Waals surface area contributed by atoms with Crippen LogP contribution in [0, 0.1) is 11.3 Å². The van der Waals surface area contributed by atoms with Gasteiger partial charge in [0.15, 0.2) is 0 Å². The maximum Gasteiger partial charge on any atom is 0.101 e. The summed E-state index contributed by atoms with van der Waals surface area (Å²) in [6, 6.07) is 15.7. The molecule has 1 N–H and O–H groups in total. The minimum Gasteiger partial charge on any atom is -0.378 e. The van der Waals surface area contributed by atoms with Crippen molar-refractivity contribution >= 4 is 33.2 Å². The second-order valence-electron chi connectivity index (χ2n) is 4.22. The quantitative estimate of drug-likeness (QED) is 0.842. The summed E-state index contributed by atoms with van der Waals surface area (Å²) in [6.45, 7) is 2.08. The molecule has 2 rings (SSSR count). The molecule has 0 bridgehead atoms. The number of hydrogen-bond acceptors (Lipinski definition) is 2. The first-order chi connectivity index (χ1) is 9.10. The molecule has 0 radical (unpaired) electrons. The fourth-order valence-electron chi connectivity index (χ4n) is 1.78. The van der Waals surface area contributed by atoms with Crippen LogP contribution in [0.2, 0.25) is 5.02 Å². The number of nitrogens with zero attached hydrogens (tertiary/aromatic N) is 1. The van der Waals surface area contributed by atoms with Crippen LogP contribution in [0.15, 0.2) is 46.9 Å². The van der Waals surface area contributed by atoms with E-state index in [0.717, 1.165) is 10.2 Å². The fraction of sp³-hybridized carbons (Fsp3) is 0.133. The molecule has 0 aromatic heterocycles. The maximum absolute atomic E-state index is 8.84. The summed E-state index contributed by atoms with van der Waals surface area (Å²) >= 11 is 9.43. The van der Waals surface area contributed by atoms with Crippen LogP contribution in [0.5, 0.6) is 0 Å². The first-order valence-corrected chi connectivity index (χ1v) is 6.99. The smallest absolute Gasteiger partial charge is 0.101 e. The summed E-state index contributed by atoms with van der Waals surface area (Å²) in [7, 11) is 0. The van der Waals surface area contributed by atoms with Gasteiger partial charge in [-0.3, -0.25) is 0 Å². The molecule has 2 aromatic carbocycles. The number of nitriles is 1. The number of rotatable bonds is 3. The number of anilines is 1. The molecule has 96 valence electrons. The molecule has 1 atom stereocenters. The van der Waals surface area contributed by atoms with Gasteiger partial charge >= 0.3 is 0 Å². The highest BCUT2D eigenvalue weighted by Crippen LogP contribution is 2.24. The molecule has 0 saturated carbocycles. The standard InChI is InChI=1S/C15H12BrClN2/c1-10(11-2-5-13(16)6-3-11)19-14-7-4-12(9-18)15(17)8-14/h2-8,10,19H,1H3. The molecule has 0 fully saturated rings. The zero-order chi connectivity index (χ0) is 13.8. The van der Waals surface area contributed by atoms with E-state index in [9.17, 15) is 0 Å². The van der Waals surface area contributed by atoms with E-state index in [4.69, 9.17) is 16.9 Å². The maximum atomic E-state index is 8.84. The van der Waals surface area contributed by atoms with Crippen molar-refractivity contribution in [1.82, 2.24) is 0 Å². The Hall–Kier alpha value is -1.50. The molecule has 0 saturated heterocycles. The molecule has 0 aliphatic carbocycles. The van der Waals surface area contributed by atoms with Crippen LogP contribution in [0.4, 0.5) is 5.69 Å². The van der Waals surface area contributed by atoms with E-state index in [1.54, 1.807) is 12.1 Å². The van der Waals surface area contributed by atoms with Gasteiger partial charge in [0.1, 0.15) is 6.07 Å². The molecule has 0 heterocycles. The van der Waals surface area contributed by atoms with Gasteiger partial charge in [0.05, 0.1) is 10.6 Å². The predicted octanol–water partition coefficient (Wildman–Crippen LogP) is 5.15. The van der Waals surface area contributed by atoms with Crippen molar-refractivity contribution in [3.05, 3.63) is 63.1 Å². The molecule has 0 amide bonds. The van der Waals surface area contributed by atoms with Crippen LogP contribution in [-0.4, -0.2) is 0 Å². The Bertz CT molecular complexity index is 617. The van der Waals surface area contributed by atoms with E-state index in [2.05, 4.69) is 40.3 Å². The van der Waals surface area contributed by atoms with E-state index >= 15 is 0 Å². The Morgan fingerprint density at radius 3 is 2.47 bits per heavy atom. The second kappa shape index (κ2) is 6.10. The molecule has 4 heteroatoms. The number of benzene rings is 2. The Morgan fingerprint density at radius 2 is 1.89 bits per heavy atom. The molecule has 2 nitrogen and oxygen atoms in total. The lowest BCUT2D eigenvalue weighted by molar-refractivity contribution is 0.884. The highest BCUT2D eigenvalue weighted by molar-refractivity contribution is 9.10. The van der Waals surface area contributed by atoms with Gasteiger partial charge in [0.25, 0.3) is 0 Å². The summed E-state index contributed by atoms with van der Waals surface area (Å²) < 4.78 is 1.06. The minimum absolute atomic E-state index is 0.164. The average molecular weight is 336 g/mol. The minimum atomic E-state index is 0.164. The zero-order valence-electron chi connectivity index (χ0n) is 10.3. The molecular formula is C15H12BrClN2. The van der Waals surface area contributed by atoms with E-state index < -0.39 is 0 Å². The number of nitrogens with one attached hydrogen (secondary N) is 1. The first kappa shape index (κ1) is 13.9. The monoisotopic (exact) mass is 334 g/mol. The molecular weight excluding hydrogens is 324 g/mol. The van der Waals surface area contributed by atoms with Crippen molar-refractivity contribution in [2.45, 2.75) is 13.0 Å². The van der Waals surface area contributed by atoms with Gasteiger partial charge in [-0.05, 0) is 42.8 Å². The van der Waals surface area contributed by atoms with Gasteiger partial charge in [-0.2, -0.15) is 5.26 Å². The third-order valence-corrected chi connectivity index (χ3v) is 3.68. The summed E-state index contributed by atoms with van der Waals surface area (Å²) in [5.41, 5.74) is 2.58. The van der Waals surface area contributed by atoms with Crippen LogP contribution in [0.25, 0.3) is 0 Å². The molecule has 0 aliphatic heterocycles. The number of hydrogen-bond donors (Lipinski definition) is 1. The Balaban J connectivity index is 2.15. The van der Waals surface area contributed by atoms with Crippen molar-refractivity contribution in [3.63, 3.8) is 0 Å². The van der Waals surface area contributed by atoms with E-state index in [0.29, 0.717) is 10.6 Å². The van der Waals surface area contributed by atoms with Crippen LogP contribution in [0.1, 0.15) is 24.1 Å². The first-order valence-electron chi connectivity index (χ1n) is 5.82. The van der Waals surface area contributed by atoms with Gasteiger partial charge in [-0.25, -0.2) is 0 Å². The van der Waals surface area contributed by atoms with Gasteiger partial charge in [-0.15, -0.1) is 0 Å². The Labute approximate surface area is 126 Å². The van der Waals surface area contributed by atoms with Crippen molar-refractivity contribution in [1.29, 1.82) is 5.26 Å². The third-order valence-electron chi connectivity index (χ3n) is 2.84. The Kier molecular flexibility index (Phi) is 4.47. The summed E-state index contributed by atoms with van der Waals surface area (Å²) in [5, 5.41) is 12.7. The summed E-state index contributed by atoms with van der Waals surface area (Å²) in [6.07, 6.45) is 0. The molecule has 1 unspecified atom stereocenters. The van der Waals surface area contributed by atoms with Crippen LogP contribution < -0.4 is 5.32 Å². The van der Waals surface area contributed by atoms with E-state index in [-0.39, 0.29) is 6.04 Å². The Morgan fingerprint density at radius 1 is 1.21 bits per heavy atom. The fourth-order valence-corrected chi connectivity index (χ4v) is 2.27. The van der Waals surface area contributed by atoms with Crippen molar-refractivity contribution < 1.29 is 0 Å². The molecule has 0 spiro atoms. The summed E-state index contributed by atoms with van der Waals surface area (Å²) in [5.74, 6) is 0. The van der Waals surface area contributed by atoms with Crippen molar-refractivity contribution in [2.24, 2.45) is 0 Å². The molecule has 2 aromatic rings. The van der Waals surface area contributed by atoms with Crippen LogP contribution >= 0.6 is 27.5 Å². The largest absolute Gasteiger partial charge is 0.378 e. The van der Waals surface area contributed by atoms with Gasteiger partial charge in [0.2, 0.25) is 0 Å². The van der Waals surface area contributed by atoms with Crippen molar-refractivity contribution in [2.75, 3.05) is 5.32 Å². The lowest BCUT2D eigenvalue weighted by Gasteiger charge is -2.16. The lowest BCUT2D eigenvalue weighted by Crippen LogP contribution is -2.06. The van der Waals surface area contributed by atoms with Crippen LogP contribution in [-0.2, 0) is 0 Å². The average Bonchev–Trinajstić information content (AvgIpc) is 2.39. The van der Waals surface area contributed by atoms with Gasteiger partial charge < -0.3 is 5.32 Å². The highest BCUT2D eigenvalue weighted by atomic mass is 79.9. The van der Waals surface area contributed by atoms with E-state index in [1.807, 2.05) is 24.3 Å². The lowest BCUT2D eigenvalue weighted by atomic mass is 10.1. The second-order valence-corrected chi connectivity index (χ2v) is 5.55. The highest BCUT2D eigenvalue weighted by Gasteiger charge is 2.07. The number of halogens is 2. The van der Waals surface area contributed by atoms with Crippen LogP contribution in [0.3, 0.4) is 0 Å². The molecule has 0 aliphatic rings. The SMILES string of the molecule is CC(Nc1ccc(C#N)c(Cl)c1)c1ccc(Br)cc1. The zero-order valence-corrected chi connectivity index (χ0v) is 12.7. The van der Waals surface area contributed by atoms with Gasteiger partial charge in [0, 0.05) is 16.2 Å². The normalized spacial score (nSPS) is 11.7. The predicted molar refractivity (Wildman–Crippen MR) is 82.3 cm³/mol.